The first-order valence-electron chi connectivity index (χ1n) is 5.59. The summed E-state index contributed by atoms with van der Waals surface area (Å²) in [6, 6.07) is 2.94. The zero-order valence-electron chi connectivity index (χ0n) is 10.4. The Morgan fingerprint density at radius 1 is 1.47 bits per heavy atom. The summed E-state index contributed by atoms with van der Waals surface area (Å²) in [6.07, 6.45) is 3.07. The van der Waals surface area contributed by atoms with E-state index in [2.05, 4.69) is 4.98 Å². The highest BCUT2D eigenvalue weighted by Crippen LogP contribution is 2.18. The van der Waals surface area contributed by atoms with Crippen LogP contribution in [0.1, 0.15) is 26.7 Å². The molecule has 1 atom stereocenters. The first-order chi connectivity index (χ1) is 7.89. The van der Waals surface area contributed by atoms with Gasteiger partial charge < -0.3 is 5.73 Å². The molecule has 1 aromatic rings. The monoisotopic (exact) mass is 257 g/mol. The molecule has 0 bridgehead atoms. The van der Waals surface area contributed by atoms with Crippen LogP contribution in [0.25, 0.3) is 0 Å². The highest BCUT2D eigenvalue weighted by atomic mass is 32.2. The second-order valence-corrected chi connectivity index (χ2v) is 6.08. The lowest BCUT2D eigenvalue weighted by Crippen LogP contribution is -2.35. The Balaban J connectivity index is 2.98. The van der Waals surface area contributed by atoms with Gasteiger partial charge in [-0.1, -0.05) is 13.3 Å². The largest absolute Gasteiger partial charge is 0.384 e. The molecule has 0 aromatic carbocycles. The third-order valence-corrected chi connectivity index (χ3v) is 4.72. The zero-order chi connectivity index (χ0) is 13.1. The lowest BCUT2D eigenvalue weighted by atomic mass is 10.2. The maximum atomic E-state index is 12.2. The lowest BCUT2D eigenvalue weighted by Gasteiger charge is -2.23. The molecule has 0 aliphatic heterocycles. The zero-order valence-corrected chi connectivity index (χ0v) is 11.2. The average Bonchev–Trinajstić information content (AvgIpc) is 2.29. The molecular formula is C11H19N3O2S. The Labute approximate surface area is 103 Å². The van der Waals surface area contributed by atoms with E-state index in [0.717, 1.165) is 12.8 Å². The van der Waals surface area contributed by atoms with Crippen LogP contribution >= 0.6 is 0 Å². The van der Waals surface area contributed by atoms with E-state index in [1.807, 2.05) is 13.8 Å². The third-order valence-electron chi connectivity index (χ3n) is 2.76. The van der Waals surface area contributed by atoms with Gasteiger partial charge in [-0.25, -0.2) is 13.4 Å². The summed E-state index contributed by atoms with van der Waals surface area (Å²) in [5, 5.41) is 0. The highest BCUT2D eigenvalue weighted by Gasteiger charge is 2.24. The molecule has 17 heavy (non-hydrogen) atoms. The highest BCUT2D eigenvalue weighted by molar-refractivity contribution is 7.89. The normalized spacial score (nSPS) is 13.9. The van der Waals surface area contributed by atoms with Crippen molar-refractivity contribution in [3.05, 3.63) is 18.3 Å². The predicted molar refractivity (Wildman–Crippen MR) is 68.0 cm³/mol. The minimum absolute atomic E-state index is 0.0254. The van der Waals surface area contributed by atoms with Gasteiger partial charge in [-0.3, -0.25) is 0 Å². The average molecular weight is 257 g/mol. The lowest BCUT2D eigenvalue weighted by molar-refractivity contribution is 0.368. The van der Waals surface area contributed by atoms with Crippen LogP contribution in [0.2, 0.25) is 0 Å². The molecule has 0 amide bonds. The van der Waals surface area contributed by atoms with E-state index >= 15 is 0 Å². The van der Waals surface area contributed by atoms with Crippen LogP contribution in [0.3, 0.4) is 0 Å². The number of nitrogens with zero attached hydrogens (tertiary/aromatic N) is 2. The van der Waals surface area contributed by atoms with Crippen molar-refractivity contribution < 1.29 is 8.42 Å². The van der Waals surface area contributed by atoms with E-state index in [1.54, 1.807) is 7.05 Å². The molecule has 0 aliphatic carbocycles. The Morgan fingerprint density at radius 3 is 2.59 bits per heavy atom. The van der Waals surface area contributed by atoms with E-state index in [9.17, 15) is 8.42 Å². The summed E-state index contributed by atoms with van der Waals surface area (Å²) in [5.41, 5.74) is 5.43. The second kappa shape index (κ2) is 5.46. The molecule has 2 N–H and O–H groups in total. The van der Waals surface area contributed by atoms with E-state index < -0.39 is 10.0 Å². The van der Waals surface area contributed by atoms with Gasteiger partial charge in [0.15, 0.2) is 0 Å². The quantitative estimate of drug-likeness (QED) is 0.866. The van der Waals surface area contributed by atoms with E-state index in [4.69, 9.17) is 5.73 Å². The summed E-state index contributed by atoms with van der Waals surface area (Å²) in [5.74, 6) is 0.313. The van der Waals surface area contributed by atoms with E-state index in [-0.39, 0.29) is 10.9 Å². The fraction of sp³-hybridized carbons (Fsp3) is 0.545. The fourth-order valence-corrected chi connectivity index (χ4v) is 2.88. The molecule has 0 radical (unpaired) electrons. The first-order valence-corrected chi connectivity index (χ1v) is 7.03. The molecule has 1 rings (SSSR count). The predicted octanol–water partition coefficient (Wildman–Crippen LogP) is 1.47. The van der Waals surface area contributed by atoms with Crippen LogP contribution < -0.4 is 5.73 Å². The third kappa shape index (κ3) is 3.17. The van der Waals surface area contributed by atoms with Crippen molar-refractivity contribution in [2.75, 3.05) is 12.8 Å². The van der Waals surface area contributed by atoms with E-state index in [0.29, 0.717) is 5.82 Å². The first kappa shape index (κ1) is 13.9. The smallest absolute Gasteiger partial charge is 0.244 e. The maximum absolute atomic E-state index is 12.2. The van der Waals surface area contributed by atoms with Crippen LogP contribution in [0.4, 0.5) is 5.82 Å². The number of hydrogen-bond donors (Lipinski definition) is 1. The molecule has 0 spiro atoms. The van der Waals surface area contributed by atoms with Crippen molar-refractivity contribution in [2.45, 2.75) is 37.6 Å². The summed E-state index contributed by atoms with van der Waals surface area (Å²) in [6.45, 7) is 3.92. The molecular weight excluding hydrogens is 238 g/mol. The van der Waals surface area contributed by atoms with Crippen molar-refractivity contribution >= 4 is 15.8 Å². The minimum Gasteiger partial charge on any atom is -0.384 e. The number of hydrogen-bond acceptors (Lipinski definition) is 4. The van der Waals surface area contributed by atoms with Gasteiger partial charge in [-0.2, -0.15) is 4.31 Å². The molecule has 0 fully saturated rings. The van der Waals surface area contributed by atoms with Gasteiger partial charge >= 0.3 is 0 Å². The molecule has 96 valence electrons. The molecule has 0 aliphatic rings. The molecule has 6 heteroatoms. The van der Waals surface area contributed by atoms with Gasteiger partial charge in [0.2, 0.25) is 10.0 Å². The maximum Gasteiger partial charge on any atom is 0.244 e. The number of pyridine rings is 1. The van der Waals surface area contributed by atoms with Crippen LogP contribution in [0.5, 0.6) is 0 Å². The van der Waals surface area contributed by atoms with Gasteiger partial charge in [-0.15, -0.1) is 0 Å². The number of aromatic nitrogens is 1. The van der Waals surface area contributed by atoms with Crippen molar-refractivity contribution in [1.29, 1.82) is 0 Å². The number of nitrogens with two attached hydrogens (primary N) is 1. The van der Waals surface area contributed by atoms with Gasteiger partial charge in [0, 0.05) is 19.3 Å². The summed E-state index contributed by atoms with van der Waals surface area (Å²) >= 11 is 0. The van der Waals surface area contributed by atoms with Gasteiger partial charge in [0.1, 0.15) is 10.7 Å². The summed E-state index contributed by atoms with van der Waals surface area (Å²) < 4.78 is 25.8. The van der Waals surface area contributed by atoms with Crippen molar-refractivity contribution in [3.8, 4) is 0 Å². The molecule has 1 unspecified atom stereocenters. The van der Waals surface area contributed by atoms with Crippen molar-refractivity contribution in [2.24, 2.45) is 0 Å². The SMILES string of the molecule is CCCC(C)N(C)S(=O)(=O)c1ccc(N)nc1. The minimum atomic E-state index is -3.46. The second-order valence-electron chi connectivity index (χ2n) is 4.08. The molecule has 5 nitrogen and oxygen atoms in total. The number of sulfonamides is 1. The Hall–Kier alpha value is -1.14. The van der Waals surface area contributed by atoms with Crippen molar-refractivity contribution in [3.63, 3.8) is 0 Å². The Kier molecular flexibility index (Phi) is 4.47. The molecule has 0 saturated heterocycles. The van der Waals surface area contributed by atoms with Crippen LogP contribution in [-0.2, 0) is 10.0 Å². The van der Waals surface area contributed by atoms with Gasteiger partial charge in [-0.05, 0) is 25.5 Å². The number of anilines is 1. The fourth-order valence-electron chi connectivity index (χ4n) is 1.55. The number of rotatable bonds is 5. The van der Waals surface area contributed by atoms with Gasteiger partial charge in [0.25, 0.3) is 0 Å². The molecule has 1 heterocycles. The molecule has 0 saturated carbocycles. The van der Waals surface area contributed by atoms with Gasteiger partial charge in [0.05, 0.1) is 0 Å². The molecule has 1 aromatic heterocycles. The van der Waals surface area contributed by atoms with E-state index in [1.165, 1.54) is 22.6 Å². The van der Waals surface area contributed by atoms with Crippen LogP contribution in [-0.4, -0.2) is 30.8 Å². The number of nitrogen functional groups attached to an aromatic ring is 1. The Morgan fingerprint density at radius 2 is 2.12 bits per heavy atom. The summed E-state index contributed by atoms with van der Waals surface area (Å²) in [4.78, 5) is 3.98. The van der Waals surface area contributed by atoms with Crippen LogP contribution in [0, 0.1) is 0 Å². The standard InChI is InChI=1S/C11H19N3O2S/c1-4-5-9(2)14(3)17(15,16)10-6-7-11(12)13-8-10/h6-9H,4-5H2,1-3H3,(H2,12,13). The van der Waals surface area contributed by atoms with Crippen molar-refractivity contribution in [1.82, 2.24) is 9.29 Å². The summed E-state index contributed by atoms with van der Waals surface area (Å²) in [7, 11) is -1.87. The van der Waals surface area contributed by atoms with Crippen LogP contribution in [0.15, 0.2) is 23.2 Å². The topological polar surface area (TPSA) is 76.3 Å². The Bertz CT molecular complexity index is 456.